The second-order valence-electron chi connectivity index (χ2n) is 8.52. The molecule has 0 aromatic heterocycles. The quantitative estimate of drug-likeness (QED) is 0.627. The molecule has 0 bridgehead atoms. The van der Waals surface area contributed by atoms with Crippen LogP contribution in [0.15, 0.2) is 60.3 Å². The van der Waals surface area contributed by atoms with E-state index in [1.54, 1.807) is 0 Å². The highest BCUT2D eigenvalue weighted by Crippen LogP contribution is 2.33. The number of nitrogens with zero attached hydrogens (tertiary/aromatic N) is 3. The molecule has 2 aliphatic heterocycles. The van der Waals surface area contributed by atoms with Gasteiger partial charge in [0.15, 0.2) is 0 Å². The molecule has 0 aliphatic carbocycles. The lowest BCUT2D eigenvalue weighted by molar-refractivity contribution is -0.137. The number of carbonyl (C=O) groups excluding carboxylic acids is 2. The highest BCUT2D eigenvalue weighted by atomic mass is 16.5. The second-order valence-corrected chi connectivity index (χ2v) is 8.52. The molecular formula is C26H31N3O3. The standard InChI is InChI=1S/C26H31N3O3/c1-4-29-25(30)23(21-10-12-22(13-11-21)32-19(2)3)24(26(29)31)28-16-14-27(15-17-28)18-20-8-6-5-7-9-20/h5-13,19H,4,14-18H2,1-3H3. The molecule has 0 radical (unpaired) electrons. The van der Waals surface area contributed by atoms with Gasteiger partial charge in [-0.3, -0.25) is 19.4 Å². The zero-order valence-electron chi connectivity index (χ0n) is 19.1. The summed E-state index contributed by atoms with van der Waals surface area (Å²) >= 11 is 0. The summed E-state index contributed by atoms with van der Waals surface area (Å²) < 4.78 is 5.73. The third kappa shape index (κ3) is 4.55. The first-order chi connectivity index (χ1) is 15.5. The van der Waals surface area contributed by atoms with E-state index in [-0.39, 0.29) is 17.9 Å². The molecule has 2 amide bonds. The number of benzene rings is 2. The van der Waals surface area contributed by atoms with Gasteiger partial charge in [-0.15, -0.1) is 0 Å². The molecule has 0 unspecified atom stereocenters. The van der Waals surface area contributed by atoms with Crippen LogP contribution in [-0.4, -0.2) is 65.3 Å². The molecule has 32 heavy (non-hydrogen) atoms. The molecule has 2 aliphatic rings. The molecule has 2 aromatic carbocycles. The van der Waals surface area contributed by atoms with Gasteiger partial charge < -0.3 is 9.64 Å². The van der Waals surface area contributed by atoms with Gasteiger partial charge in [-0.05, 0) is 44.0 Å². The summed E-state index contributed by atoms with van der Waals surface area (Å²) in [6.07, 6.45) is 0.0769. The lowest BCUT2D eigenvalue weighted by Gasteiger charge is -2.36. The van der Waals surface area contributed by atoms with Gasteiger partial charge in [0.1, 0.15) is 11.4 Å². The van der Waals surface area contributed by atoms with E-state index in [1.165, 1.54) is 10.5 Å². The summed E-state index contributed by atoms with van der Waals surface area (Å²) in [6, 6.07) is 17.9. The monoisotopic (exact) mass is 433 g/mol. The maximum Gasteiger partial charge on any atom is 0.277 e. The summed E-state index contributed by atoms with van der Waals surface area (Å²) in [5.41, 5.74) is 3.09. The summed E-state index contributed by atoms with van der Waals surface area (Å²) in [4.78, 5) is 32.2. The van der Waals surface area contributed by atoms with E-state index in [4.69, 9.17) is 4.74 Å². The van der Waals surface area contributed by atoms with Crippen LogP contribution < -0.4 is 4.74 Å². The molecule has 168 valence electrons. The molecule has 6 nitrogen and oxygen atoms in total. The number of hydrogen-bond donors (Lipinski definition) is 0. The van der Waals surface area contributed by atoms with Crippen molar-refractivity contribution in [2.45, 2.75) is 33.4 Å². The number of amides is 2. The smallest absolute Gasteiger partial charge is 0.277 e. The highest BCUT2D eigenvalue weighted by molar-refractivity contribution is 6.35. The Hall–Kier alpha value is -3.12. The zero-order chi connectivity index (χ0) is 22.7. The van der Waals surface area contributed by atoms with Gasteiger partial charge in [0.2, 0.25) is 0 Å². The second kappa shape index (κ2) is 9.57. The highest BCUT2D eigenvalue weighted by Gasteiger charge is 2.41. The van der Waals surface area contributed by atoms with Gasteiger partial charge >= 0.3 is 0 Å². The summed E-state index contributed by atoms with van der Waals surface area (Å²) in [5, 5.41) is 0. The summed E-state index contributed by atoms with van der Waals surface area (Å²) in [6.45, 7) is 10.2. The number of piperazine rings is 1. The fourth-order valence-electron chi connectivity index (χ4n) is 4.35. The Labute approximate surface area is 190 Å². The topological polar surface area (TPSA) is 53.1 Å². The zero-order valence-corrected chi connectivity index (χ0v) is 19.1. The van der Waals surface area contributed by atoms with Gasteiger partial charge in [-0.1, -0.05) is 42.5 Å². The normalized spacial score (nSPS) is 17.6. The van der Waals surface area contributed by atoms with Crippen LogP contribution >= 0.6 is 0 Å². The van der Waals surface area contributed by atoms with Crippen molar-refractivity contribution in [2.24, 2.45) is 0 Å². The van der Waals surface area contributed by atoms with Crippen molar-refractivity contribution in [1.29, 1.82) is 0 Å². The summed E-state index contributed by atoms with van der Waals surface area (Å²) in [7, 11) is 0. The number of likely N-dealkylation sites (N-methyl/N-ethyl adjacent to an activating group) is 1. The molecule has 0 saturated carbocycles. The Morgan fingerprint density at radius 1 is 0.875 bits per heavy atom. The Morgan fingerprint density at radius 3 is 2.12 bits per heavy atom. The molecule has 2 heterocycles. The minimum Gasteiger partial charge on any atom is -0.491 e. The van der Waals surface area contributed by atoms with Crippen molar-refractivity contribution in [1.82, 2.24) is 14.7 Å². The van der Waals surface area contributed by atoms with Gasteiger partial charge in [0.25, 0.3) is 11.8 Å². The first-order valence-corrected chi connectivity index (χ1v) is 11.4. The van der Waals surface area contributed by atoms with E-state index in [2.05, 4.69) is 34.1 Å². The van der Waals surface area contributed by atoms with Crippen molar-refractivity contribution in [3.63, 3.8) is 0 Å². The predicted octanol–water partition coefficient (Wildman–Crippen LogP) is 3.39. The minimum absolute atomic E-state index is 0.0769. The van der Waals surface area contributed by atoms with Crippen LogP contribution in [0.25, 0.3) is 5.57 Å². The minimum atomic E-state index is -0.211. The van der Waals surface area contributed by atoms with Gasteiger partial charge in [0, 0.05) is 39.3 Å². The Bertz CT molecular complexity index is 991. The summed E-state index contributed by atoms with van der Waals surface area (Å²) in [5.74, 6) is 0.354. The molecule has 0 atom stereocenters. The molecule has 4 rings (SSSR count). The largest absolute Gasteiger partial charge is 0.491 e. The predicted molar refractivity (Wildman–Crippen MR) is 125 cm³/mol. The SMILES string of the molecule is CCN1C(=O)C(c2ccc(OC(C)C)cc2)=C(N2CCN(Cc3ccccc3)CC2)C1=O. The molecule has 1 fully saturated rings. The van der Waals surface area contributed by atoms with Crippen molar-refractivity contribution in [3.05, 3.63) is 71.4 Å². The first kappa shape index (κ1) is 22.1. The molecule has 0 N–H and O–H groups in total. The van der Waals surface area contributed by atoms with Crippen molar-refractivity contribution in [3.8, 4) is 5.75 Å². The number of carbonyl (C=O) groups is 2. The Morgan fingerprint density at radius 2 is 1.53 bits per heavy atom. The van der Waals surface area contributed by atoms with Crippen LogP contribution in [0.1, 0.15) is 31.9 Å². The number of imide groups is 1. The van der Waals surface area contributed by atoms with Crippen molar-refractivity contribution < 1.29 is 14.3 Å². The number of hydrogen-bond acceptors (Lipinski definition) is 5. The third-order valence-corrected chi connectivity index (χ3v) is 5.91. The van der Waals surface area contributed by atoms with E-state index in [1.807, 2.05) is 51.1 Å². The molecular weight excluding hydrogens is 402 g/mol. The molecule has 2 aromatic rings. The van der Waals surface area contributed by atoms with Crippen LogP contribution in [-0.2, 0) is 16.1 Å². The lowest BCUT2D eigenvalue weighted by Crippen LogP contribution is -2.47. The first-order valence-electron chi connectivity index (χ1n) is 11.4. The Balaban J connectivity index is 1.55. The van der Waals surface area contributed by atoms with Crippen LogP contribution in [0, 0.1) is 0 Å². The van der Waals surface area contributed by atoms with Crippen LogP contribution in [0.4, 0.5) is 0 Å². The van der Waals surface area contributed by atoms with E-state index in [0.29, 0.717) is 17.8 Å². The fourth-order valence-corrected chi connectivity index (χ4v) is 4.35. The average Bonchev–Trinajstić information content (AvgIpc) is 3.04. The van der Waals surface area contributed by atoms with E-state index < -0.39 is 0 Å². The molecule has 0 spiro atoms. The van der Waals surface area contributed by atoms with Crippen LogP contribution in [0.2, 0.25) is 0 Å². The number of rotatable bonds is 7. The van der Waals surface area contributed by atoms with Gasteiger partial charge in [-0.2, -0.15) is 0 Å². The van der Waals surface area contributed by atoms with Crippen LogP contribution in [0.3, 0.4) is 0 Å². The van der Waals surface area contributed by atoms with E-state index >= 15 is 0 Å². The maximum absolute atomic E-state index is 13.2. The van der Waals surface area contributed by atoms with Gasteiger partial charge in [0.05, 0.1) is 11.7 Å². The average molecular weight is 434 g/mol. The van der Waals surface area contributed by atoms with Crippen molar-refractivity contribution >= 4 is 17.4 Å². The van der Waals surface area contributed by atoms with Crippen LogP contribution in [0.5, 0.6) is 5.75 Å². The third-order valence-electron chi connectivity index (χ3n) is 5.91. The molecule has 1 saturated heterocycles. The van der Waals surface area contributed by atoms with E-state index in [9.17, 15) is 9.59 Å². The van der Waals surface area contributed by atoms with Gasteiger partial charge in [-0.25, -0.2) is 0 Å². The maximum atomic E-state index is 13.2. The fraction of sp³-hybridized carbons (Fsp3) is 0.385. The Kier molecular flexibility index (Phi) is 6.61. The number of ether oxygens (including phenoxy) is 1. The molecule has 6 heteroatoms. The lowest BCUT2D eigenvalue weighted by atomic mass is 10.0. The van der Waals surface area contributed by atoms with Crippen molar-refractivity contribution in [2.75, 3.05) is 32.7 Å². The van der Waals surface area contributed by atoms with E-state index in [0.717, 1.165) is 44.0 Å².